The summed E-state index contributed by atoms with van der Waals surface area (Å²) >= 11 is 0. The van der Waals surface area contributed by atoms with Gasteiger partial charge in [-0.3, -0.25) is 4.79 Å². The van der Waals surface area contributed by atoms with E-state index in [-0.39, 0.29) is 5.56 Å². The highest BCUT2D eigenvalue weighted by Gasteiger charge is 2.30. The molecule has 0 aliphatic heterocycles. The van der Waals surface area contributed by atoms with Gasteiger partial charge in [-0.05, 0) is 34.4 Å². The summed E-state index contributed by atoms with van der Waals surface area (Å²) in [5.41, 5.74) is 1.86. The minimum absolute atomic E-state index is 0.224. The molecule has 2 aromatic carbocycles. The maximum atomic E-state index is 11.2. The largest absolute Gasteiger partial charge is 0.481 e. The summed E-state index contributed by atoms with van der Waals surface area (Å²) < 4.78 is 0. The van der Waals surface area contributed by atoms with Crippen molar-refractivity contribution in [1.82, 2.24) is 0 Å². The number of carbonyl (C=O) groups is 2. The number of hydrogen-bond acceptors (Lipinski definition) is 2. The third-order valence-electron chi connectivity index (χ3n) is 3.49. The summed E-state index contributed by atoms with van der Waals surface area (Å²) in [6.45, 7) is 0. The Morgan fingerprint density at radius 1 is 1.11 bits per heavy atom. The van der Waals surface area contributed by atoms with E-state index < -0.39 is 17.9 Å². The first-order valence-corrected chi connectivity index (χ1v) is 5.60. The van der Waals surface area contributed by atoms with Crippen LogP contribution in [0.3, 0.4) is 0 Å². The van der Waals surface area contributed by atoms with E-state index in [1.54, 1.807) is 30.3 Å². The molecule has 0 radical (unpaired) electrons. The van der Waals surface area contributed by atoms with Crippen LogP contribution in [0.2, 0.25) is 0 Å². The van der Waals surface area contributed by atoms with Crippen molar-refractivity contribution in [2.75, 3.05) is 0 Å². The van der Waals surface area contributed by atoms with Gasteiger partial charge < -0.3 is 10.2 Å². The summed E-state index contributed by atoms with van der Waals surface area (Å²) in [7, 11) is 0. The maximum absolute atomic E-state index is 11.2. The van der Waals surface area contributed by atoms with Gasteiger partial charge in [0, 0.05) is 0 Å². The van der Waals surface area contributed by atoms with Gasteiger partial charge in [-0.25, -0.2) is 4.79 Å². The fraction of sp³-hybridized carbons (Fsp3) is 0.143. The summed E-state index contributed by atoms with van der Waals surface area (Å²) in [6, 6.07) is 8.49. The van der Waals surface area contributed by atoms with Crippen LogP contribution in [0.15, 0.2) is 30.3 Å². The minimum Gasteiger partial charge on any atom is -0.481 e. The van der Waals surface area contributed by atoms with Crippen molar-refractivity contribution in [1.29, 1.82) is 0 Å². The Bertz CT molecular complexity index is 687. The molecule has 0 saturated carbocycles. The molecule has 18 heavy (non-hydrogen) atoms. The fourth-order valence-electron chi connectivity index (χ4n) is 2.71. The van der Waals surface area contributed by atoms with Crippen LogP contribution in [0.5, 0.6) is 0 Å². The first-order valence-electron chi connectivity index (χ1n) is 5.60. The monoisotopic (exact) mass is 242 g/mol. The Labute approximate surface area is 102 Å². The van der Waals surface area contributed by atoms with Crippen molar-refractivity contribution in [3.63, 3.8) is 0 Å². The lowest BCUT2D eigenvalue weighted by Gasteiger charge is -2.06. The van der Waals surface area contributed by atoms with Crippen molar-refractivity contribution in [3.8, 4) is 0 Å². The van der Waals surface area contributed by atoms with Crippen LogP contribution < -0.4 is 0 Å². The van der Waals surface area contributed by atoms with Crippen molar-refractivity contribution in [2.24, 2.45) is 0 Å². The highest BCUT2D eigenvalue weighted by molar-refractivity contribution is 6.07. The van der Waals surface area contributed by atoms with Crippen LogP contribution in [0.25, 0.3) is 10.8 Å². The van der Waals surface area contributed by atoms with Gasteiger partial charge >= 0.3 is 11.9 Å². The average molecular weight is 242 g/mol. The molecule has 0 bridgehead atoms. The smallest absolute Gasteiger partial charge is 0.336 e. The number of carboxylic acids is 2. The van der Waals surface area contributed by atoms with Gasteiger partial charge in [0.25, 0.3) is 0 Å². The highest BCUT2D eigenvalue weighted by atomic mass is 16.4. The lowest BCUT2D eigenvalue weighted by atomic mass is 9.98. The maximum Gasteiger partial charge on any atom is 0.336 e. The van der Waals surface area contributed by atoms with E-state index in [0.29, 0.717) is 11.8 Å². The highest BCUT2D eigenvalue weighted by Crippen LogP contribution is 2.39. The van der Waals surface area contributed by atoms with E-state index in [4.69, 9.17) is 5.11 Å². The molecule has 4 nitrogen and oxygen atoms in total. The van der Waals surface area contributed by atoms with Gasteiger partial charge in [-0.2, -0.15) is 0 Å². The standard InChI is InChI=1S/C14H10O4/c15-13(16)10-5-4-7-6-11(14(17)18)9-3-1-2-8(10)12(7)9/h1-5,11H,6H2,(H,15,16)(H,17,18). The summed E-state index contributed by atoms with van der Waals surface area (Å²) in [4.78, 5) is 22.4. The molecule has 0 spiro atoms. The SMILES string of the molecule is O=C(O)c1ccc2c3c(cccc13)C(C(=O)O)C2. The third kappa shape index (κ3) is 1.32. The van der Waals surface area contributed by atoms with Gasteiger partial charge in [-0.1, -0.05) is 24.3 Å². The van der Waals surface area contributed by atoms with Crippen molar-refractivity contribution in [3.05, 3.63) is 47.0 Å². The molecule has 3 rings (SSSR count). The van der Waals surface area contributed by atoms with Crippen LogP contribution in [0, 0.1) is 0 Å². The van der Waals surface area contributed by atoms with Gasteiger partial charge in [0.1, 0.15) is 0 Å². The number of hydrogen-bond donors (Lipinski definition) is 2. The second-order valence-electron chi connectivity index (χ2n) is 4.44. The van der Waals surface area contributed by atoms with E-state index in [1.165, 1.54) is 0 Å². The number of rotatable bonds is 2. The minimum atomic E-state index is -0.988. The molecule has 0 saturated heterocycles. The van der Waals surface area contributed by atoms with Crippen LogP contribution >= 0.6 is 0 Å². The van der Waals surface area contributed by atoms with Crippen LogP contribution in [-0.2, 0) is 11.2 Å². The zero-order chi connectivity index (χ0) is 12.9. The van der Waals surface area contributed by atoms with Gasteiger partial charge in [0.05, 0.1) is 11.5 Å². The Morgan fingerprint density at radius 3 is 2.56 bits per heavy atom. The molecule has 1 aliphatic rings. The molecule has 1 atom stereocenters. The number of aromatic carboxylic acids is 1. The van der Waals surface area contributed by atoms with Gasteiger partial charge in [0.2, 0.25) is 0 Å². The molecule has 0 amide bonds. The third-order valence-corrected chi connectivity index (χ3v) is 3.49. The first-order chi connectivity index (χ1) is 8.59. The molecular weight excluding hydrogens is 232 g/mol. The van der Waals surface area contributed by atoms with Crippen LogP contribution in [0.4, 0.5) is 0 Å². The normalized spacial score (nSPS) is 17.0. The lowest BCUT2D eigenvalue weighted by molar-refractivity contribution is -0.138. The van der Waals surface area contributed by atoms with Crippen molar-refractivity contribution < 1.29 is 19.8 Å². The zero-order valence-corrected chi connectivity index (χ0v) is 9.38. The molecule has 4 heteroatoms. The summed E-state index contributed by atoms with van der Waals surface area (Å²) in [5, 5.41) is 19.8. The Hall–Kier alpha value is -2.36. The summed E-state index contributed by atoms with van der Waals surface area (Å²) in [6.07, 6.45) is 0.436. The molecule has 0 fully saturated rings. The lowest BCUT2D eigenvalue weighted by Crippen LogP contribution is -2.09. The van der Waals surface area contributed by atoms with Gasteiger partial charge in [0.15, 0.2) is 0 Å². The van der Waals surface area contributed by atoms with E-state index >= 15 is 0 Å². The first kappa shape index (κ1) is 10.8. The van der Waals surface area contributed by atoms with Crippen LogP contribution in [-0.4, -0.2) is 22.2 Å². The second-order valence-corrected chi connectivity index (χ2v) is 4.44. The Morgan fingerprint density at radius 2 is 1.89 bits per heavy atom. The average Bonchev–Trinajstić information content (AvgIpc) is 2.71. The van der Waals surface area contributed by atoms with Crippen LogP contribution in [0.1, 0.15) is 27.4 Å². The van der Waals surface area contributed by atoms with E-state index in [0.717, 1.165) is 16.5 Å². The molecular formula is C14H10O4. The molecule has 1 unspecified atom stereocenters. The molecule has 0 aromatic heterocycles. The molecule has 2 aromatic rings. The molecule has 2 N–H and O–H groups in total. The van der Waals surface area contributed by atoms with Crippen molar-refractivity contribution >= 4 is 22.7 Å². The molecule has 90 valence electrons. The molecule has 0 heterocycles. The Kier molecular flexibility index (Phi) is 2.13. The molecule has 1 aliphatic carbocycles. The number of carboxylic acid groups (broad SMARTS) is 2. The second kappa shape index (κ2) is 3.57. The van der Waals surface area contributed by atoms with E-state index in [9.17, 15) is 14.7 Å². The summed E-state index contributed by atoms with van der Waals surface area (Å²) in [5.74, 6) is -2.42. The quantitative estimate of drug-likeness (QED) is 0.847. The zero-order valence-electron chi connectivity index (χ0n) is 9.38. The topological polar surface area (TPSA) is 74.6 Å². The Balaban J connectivity index is 2.37. The fourth-order valence-corrected chi connectivity index (χ4v) is 2.71. The van der Waals surface area contributed by atoms with E-state index in [2.05, 4.69) is 0 Å². The van der Waals surface area contributed by atoms with Crippen molar-refractivity contribution in [2.45, 2.75) is 12.3 Å². The van der Waals surface area contributed by atoms with E-state index in [1.807, 2.05) is 0 Å². The predicted molar refractivity (Wildman–Crippen MR) is 65.0 cm³/mol. The predicted octanol–water partition coefficient (Wildman–Crippen LogP) is 2.26. The number of aliphatic carboxylic acids is 1. The number of benzene rings is 2. The van der Waals surface area contributed by atoms with Gasteiger partial charge in [-0.15, -0.1) is 0 Å².